The van der Waals surface area contributed by atoms with Gasteiger partial charge in [0.25, 0.3) is 0 Å². The van der Waals surface area contributed by atoms with Gasteiger partial charge in [0.1, 0.15) is 6.61 Å². The fourth-order valence-electron chi connectivity index (χ4n) is 1.84. The first-order valence-electron chi connectivity index (χ1n) is 5.25. The third-order valence-corrected chi connectivity index (χ3v) is 2.82. The van der Waals surface area contributed by atoms with Crippen molar-refractivity contribution in [1.82, 2.24) is 19.6 Å². The number of fused-ring (bicyclic) bond motifs is 3. The maximum atomic E-state index is 11.8. The van der Waals surface area contributed by atoms with Crippen molar-refractivity contribution >= 4 is 28.2 Å². The predicted molar refractivity (Wildman–Crippen MR) is 66.8 cm³/mol. The second-order valence-corrected chi connectivity index (χ2v) is 4.25. The normalized spacial score (nSPS) is 11.4. The molecule has 92 valence electrons. The molecule has 0 saturated carbocycles. The van der Waals surface area contributed by atoms with Crippen LogP contribution < -0.4 is 5.69 Å². The smallest absolute Gasteiger partial charge is 0.348 e. The molecule has 0 aliphatic carbocycles. The molecule has 0 saturated heterocycles. The van der Waals surface area contributed by atoms with Gasteiger partial charge in [-0.15, -0.1) is 5.10 Å². The second-order valence-electron chi connectivity index (χ2n) is 3.82. The molecule has 2 heterocycles. The number of nitrogens with one attached hydrogen (secondary N) is 1. The highest BCUT2D eigenvalue weighted by molar-refractivity contribution is 6.31. The molecule has 0 radical (unpaired) electrons. The number of halogens is 1. The van der Waals surface area contributed by atoms with Crippen molar-refractivity contribution in [3.63, 3.8) is 0 Å². The van der Waals surface area contributed by atoms with Crippen LogP contribution >= 0.6 is 11.6 Å². The number of ether oxygens (including phenoxy) is 1. The van der Waals surface area contributed by atoms with Gasteiger partial charge in [0.15, 0.2) is 11.5 Å². The molecule has 0 aliphatic rings. The number of nitrogens with zero attached hydrogens (tertiary/aromatic N) is 3. The molecule has 18 heavy (non-hydrogen) atoms. The van der Waals surface area contributed by atoms with E-state index in [1.807, 2.05) is 0 Å². The number of benzene rings is 1. The Morgan fingerprint density at radius 1 is 1.50 bits per heavy atom. The molecular formula is C11H9ClN4O2. The average molecular weight is 265 g/mol. The third kappa shape index (κ3) is 1.66. The summed E-state index contributed by atoms with van der Waals surface area (Å²) in [6.45, 7) is 0.253. The van der Waals surface area contributed by atoms with E-state index in [0.29, 0.717) is 22.0 Å². The van der Waals surface area contributed by atoms with Gasteiger partial charge in [0, 0.05) is 17.5 Å². The summed E-state index contributed by atoms with van der Waals surface area (Å²) in [6, 6.07) is 5.19. The Morgan fingerprint density at radius 2 is 2.33 bits per heavy atom. The van der Waals surface area contributed by atoms with Crippen LogP contribution in [0, 0.1) is 0 Å². The Morgan fingerprint density at radius 3 is 3.11 bits per heavy atom. The Kier molecular flexibility index (Phi) is 2.53. The number of methoxy groups -OCH3 is 1. The molecule has 3 rings (SSSR count). The second kappa shape index (κ2) is 4.08. The summed E-state index contributed by atoms with van der Waals surface area (Å²) in [4.78, 5) is 18.8. The summed E-state index contributed by atoms with van der Waals surface area (Å²) in [5, 5.41) is 5.40. The molecular weight excluding hydrogens is 256 g/mol. The zero-order chi connectivity index (χ0) is 12.7. The zero-order valence-corrected chi connectivity index (χ0v) is 10.2. The van der Waals surface area contributed by atoms with Gasteiger partial charge in [0.2, 0.25) is 0 Å². The lowest BCUT2D eigenvalue weighted by atomic mass is 10.2. The Bertz CT molecular complexity index is 793. The van der Waals surface area contributed by atoms with E-state index in [2.05, 4.69) is 15.1 Å². The van der Waals surface area contributed by atoms with Gasteiger partial charge < -0.3 is 9.72 Å². The van der Waals surface area contributed by atoms with Gasteiger partial charge in [-0.2, -0.15) is 4.52 Å². The number of hydrogen-bond acceptors (Lipinski definition) is 4. The maximum absolute atomic E-state index is 11.8. The number of aromatic amines is 1. The van der Waals surface area contributed by atoms with Crippen LogP contribution in [-0.2, 0) is 11.3 Å². The first-order chi connectivity index (χ1) is 8.69. The van der Waals surface area contributed by atoms with Crippen LogP contribution in [0.5, 0.6) is 0 Å². The zero-order valence-electron chi connectivity index (χ0n) is 9.48. The van der Waals surface area contributed by atoms with Gasteiger partial charge in [-0.1, -0.05) is 11.6 Å². The van der Waals surface area contributed by atoms with E-state index >= 15 is 0 Å². The van der Waals surface area contributed by atoms with Gasteiger partial charge in [-0.05, 0) is 18.2 Å². The minimum atomic E-state index is -0.338. The molecule has 0 fully saturated rings. The van der Waals surface area contributed by atoms with Crippen molar-refractivity contribution in [1.29, 1.82) is 0 Å². The highest BCUT2D eigenvalue weighted by Crippen LogP contribution is 2.19. The molecule has 0 unspecified atom stereocenters. The third-order valence-electron chi connectivity index (χ3n) is 2.58. The number of aromatic nitrogens is 4. The van der Waals surface area contributed by atoms with E-state index in [1.165, 1.54) is 4.52 Å². The summed E-state index contributed by atoms with van der Waals surface area (Å²) < 4.78 is 6.17. The summed E-state index contributed by atoms with van der Waals surface area (Å²) in [7, 11) is 1.55. The Hall–Kier alpha value is -1.92. The van der Waals surface area contributed by atoms with Crippen LogP contribution in [0.3, 0.4) is 0 Å². The first kappa shape index (κ1) is 11.2. The largest absolute Gasteiger partial charge is 0.377 e. The first-order valence-corrected chi connectivity index (χ1v) is 5.63. The van der Waals surface area contributed by atoms with E-state index in [9.17, 15) is 4.79 Å². The molecule has 2 aromatic heterocycles. The maximum Gasteiger partial charge on any atom is 0.348 e. The van der Waals surface area contributed by atoms with E-state index in [1.54, 1.807) is 25.3 Å². The highest BCUT2D eigenvalue weighted by Gasteiger charge is 2.10. The minimum absolute atomic E-state index is 0.253. The van der Waals surface area contributed by atoms with Gasteiger partial charge in [0.05, 0.1) is 5.52 Å². The van der Waals surface area contributed by atoms with Crippen molar-refractivity contribution < 1.29 is 4.74 Å². The lowest BCUT2D eigenvalue weighted by molar-refractivity contribution is 0.178. The van der Waals surface area contributed by atoms with E-state index < -0.39 is 0 Å². The molecule has 1 N–H and O–H groups in total. The molecule has 0 spiro atoms. The lowest BCUT2D eigenvalue weighted by Crippen LogP contribution is -2.17. The minimum Gasteiger partial charge on any atom is -0.377 e. The van der Waals surface area contributed by atoms with E-state index in [0.717, 1.165) is 5.39 Å². The molecule has 0 atom stereocenters. The standard InChI is InChI=1S/C11H9ClN4O2/c1-18-5-9-14-10-7-4-6(12)2-3-8(7)13-11(17)16(10)15-9/h2-4H,5H2,1H3,(H,13,17). The van der Waals surface area contributed by atoms with Crippen LogP contribution in [0.15, 0.2) is 23.0 Å². The molecule has 0 bridgehead atoms. The molecule has 0 aliphatic heterocycles. The van der Waals surface area contributed by atoms with Crippen molar-refractivity contribution in [2.24, 2.45) is 0 Å². The molecule has 1 aromatic carbocycles. The predicted octanol–water partition coefficient (Wildman–Crippen LogP) is 1.37. The van der Waals surface area contributed by atoms with Gasteiger partial charge >= 0.3 is 5.69 Å². The van der Waals surface area contributed by atoms with Crippen LogP contribution in [0.2, 0.25) is 5.02 Å². The van der Waals surface area contributed by atoms with Crippen LogP contribution in [0.1, 0.15) is 5.82 Å². The quantitative estimate of drug-likeness (QED) is 0.759. The van der Waals surface area contributed by atoms with Gasteiger partial charge in [-0.3, -0.25) is 0 Å². The molecule has 6 nitrogen and oxygen atoms in total. The van der Waals surface area contributed by atoms with Crippen molar-refractivity contribution in [3.8, 4) is 0 Å². The molecule has 3 aromatic rings. The van der Waals surface area contributed by atoms with Crippen LogP contribution in [-0.4, -0.2) is 26.7 Å². The van der Waals surface area contributed by atoms with Crippen LogP contribution in [0.4, 0.5) is 0 Å². The van der Waals surface area contributed by atoms with Gasteiger partial charge in [-0.25, -0.2) is 9.78 Å². The molecule has 7 heteroatoms. The summed E-state index contributed by atoms with van der Waals surface area (Å²) in [6.07, 6.45) is 0. The molecule has 0 amide bonds. The fourth-order valence-corrected chi connectivity index (χ4v) is 2.01. The summed E-state index contributed by atoms with van der Waals surface area (Å²) >= 11 is 5.95. The average Bonchev–Trinajstić information content (AvgIpc) is 2.76. The van der Waals surface area contributed by atoms with E-state index in [-0.39, 0.29) is 12.3 Å². The monoisotopic (exact) mass is 264 g/mol. The number of rotatable bonds is 2. The summed E-state index contributed by atoms with van der Waals surface area (Å²) in [5.41, 5.74) is 0.811. The number of H-pyrrole nitrogens is 1. The van der Waals surface area contributed by atoms with E-state index in [4.69, 9.17) is 16.3 Å². The van der Waals surface area contributed by atoms with Crippen molar-refractivity contribution in [2.75, 3.05) is 7.11 Å². The Balaban J connectivity index is 2.43. The highest BCUT2D eigenvalue weighted by atomic mass is 35.5. The number of hydrogen-bond donors (Lipinski definition) is 1. The lowest BCUT2D eigenvalue weighted by Gasteiger charge is -1.99. The Labute approximate surface area is 106 Å². The van der Waals surface area contributed by atoms with Crippen LogP contribution in [0.25, 0.3) is 16.6 Å². The fraction of sp³-hybridized carbons (Fsp3) is 0.182. The SMILES string of the molecule is COCc1nc2c3cc(Cl)ccc3[nH]c(=O)n2n1. The summed E-state index contributed by atoms with van der Waals surface area (Å²) in [5.74, 6) is 0.454. The van der Waals surface area contributed by atoms with Crippen molar-refractivity contribution in [2.45, 2.75) is 6.61 Å². The van der Waals surface area contributed by atoms with Crippen molar-refractivity contribution in [3.05, 3.63) is 39.5 Å². The topological polar surface area (TPSA) is 72.3 Å².